The van der Waals surface area contributed by atoms with Gasteiger partial charge in [-0.05, 0) is 19.8 Å². The average molecular weight is 301 g/mol. The summed E-state index contributed by atoms with van der Waals surface area (Å²) in [5.41, 5.74) is 0. The summed E-state index contributed by atoms with van der Waals surface area (Å²) in [7, 11) is 0. The van der Waals surface area contributed by atoms with E-state index in [9.17, 15) is 9.59 Å². The first-order valence-electron chi connectivity index (χ1n) is 7.56. The fraction of sp³-hybridized carbons (Fsp3) is 0.857. The largest absolute Gasteiger partial charge is 0.481 e. The van der Waals surface area contributed by atoms with Crippen molar-refractivity contribution in [3.63, 3.8) is 0 Å². The molecule has 3 N–H and O–H groups in total. The SMILES string of the molecule is CC(CN1CCOCC1)NC(=O)NCCCC(C)C(=O)O. The van der Waals surface area contributed by atoms with Gasteiger partial charge in [-0.2, -0.15) is 0 Å². The lowest BCUT2D eigenvalue weighted by Gasteiger charge is -2.29. The maximum atomic E-state index is 11.7. The number of ether oxygens (including phenoxy) is 1. The molecule has 0 saturated carbocycles. The minimum atomic E-state index is -0.793. The van der Waals surface area contributed by atoms with Crippen molar-refractivity contribution < 1.29 is 19.4 Å². The molecule has 7 heteroatoms. The number of carboxylic acids is 1. The second-order valence-corrected chi connectivity index (χ2v) is 5.60. The van der Waals surface area contributed by atoms with E-state index in [1.807, 2.05) is 6.92 Å². The Morgan fingerprint density at radius 2 is 1.95 bits per heavy atom. The van der Waals surface area contributed by atoms with Crippen LogP contribution in [0.5, 0.6) is 0 Å². The van der Waals surface area contributed by atoms with Crippen molar-refractivity contribution in [3.05, 3.63) is 0 Å². The van der Waals surface area contributed by atoms with E-state index in [1.165, 1.54) is 0 Å². The standard InChI is InChI=1S/C14H27N3O4/c1-11(13(18)19)4-3-5-15-14(20)16-12(2)10-17-6-8-21-9-7-17/h11-12H,3-10H2,1-2H3,(H,18,19)(H2,15,16,20). The Morgan fingerprint density at radius 1 is 1.29 bits per heavy atom. The minimum Gasteiger partial charge on any atom is -0.481 e. The molecule has 0 spiro atoms. The van der Waals surface area contributed by atoms with Gasteiger partial charge in [-0.15, -0.1) is 0 Å². The monoisotopic (exact) mass is 301 g/mol. The maximum Gasteiger partial charge on any atom is 0.315 e. The molecule has 21 heavy (non-hydrogen) atoms. The zero-order valence-corrected chi connectivity index (χ0v) is 12.9. The first kappa shape index (κ1) is 17.7. The summed E-state index contributed by atoms with van der Waals surface area (Å²) < 4.78 is 5.28. The van der Waals surface area contributed by atoms with Crippen LogP contribution in [0.4, 0.5) is 4.79 Å². The summed E-state index contributed by atoms with van der Waals surface area (Å²) in [6.45, 7) is 8.26. The molecule has 0 radical (unpaired) electrons. The van der Waals surface area contributed by atoms with Gasteiger partial charge in [0, 0.05) is 32.2 Å². The van der Waals surface area contributed by atoms with E-state index in [0.717, 1.165) is 32.8 Å². The summed E-state index contributed by atoms with van der Waals surface area (Å²) in [6, 6.07) is -0.125. The van der Waals surface area contributed by atoms with E-state index in [1.54, 1.807) is 6.92 Å². The highest BCUT2D eigenvalue weighted by Crippen LogP contribution is 2.04. The van der Waals surface area contributed by atoms with Gasteiger partial charge in [-0.25, -0.2) is 4.79 Å². The Bertz CT molecular complexity index is 332. The Kier molecular flexibility index (Phi) is 8.07. The molecule has 2 atom stereocenters. The van der Waals surface area contributed by atoms with Gasteiger partial charge in [0.05, 0.1) is 19.1 Å². The van der Waals surface area contributed by atoms with Gasteiger partial charge in [0.1, 0.15) is 0 Å². The number of hydrogen-bond donors (Lipinski definition) is 3. The van der Waals surface area contributed by atoms with Crippen LogP contribution in [0.3, 0.4) is 0 Å². The van der Waals surface area contributed by atoms with Gasteiger partial charge < -0.3 is 20.5 Å². The van der Waals surface area contributed by atoms with Crippen molar-refractivity contribution >= 4 is 12.0 Å². The summed E-state index contributed by atoms with van der Waals surface area (Å²) in [5.74, 6) is -1.16. The van der Waals surface area contributed by atoms with Gasteiger partial charge in [-0.3, -0.25) is 9.69 Å². The van der Waals surface area contributed by atoms with Crippen LogP contribution in [-0.4, -0.2) is 67.4 Å². The highest BCUT2D eigenvalue weighted by Gasteiger charge is 2.15. The number of urea groups is 1. The highest BCUT2D eigenvalue weighted by atomic mass is 16.5. The van der Waals surface area contributed by atoms with Crippen LogP contribution in [0.15, 0.2) is 0 Å². The zero-order valence-electron chi connectivity index (χ0n) is 12.9. The van der Waals surface area contributed by atoms with Crippen molar-refractivity contribution in [1.29, 1.82) is 0 Å². The third kappa shape index (κ3) is 7.87. The predicted octanol–water partition coefficient (Wildman–Crippen LogP) is 0.507. The van der Waals surface area contributed by atoms with Crippen LogP contribution in [0.2, 0.25) is 0 Å². The lowest BCUT2D eigenvalue weighted by Crippen LogP contribution is -2.48. The Morgan fingerprint density at radius 3 is 2.57 bits per heavy atom. The van der Waals surface area contributed by atoms with E-state index in [0.29, 0.717) is 19.4 Å². The number of morpholine rings is 1. The van der Waals surface area contributed by atoms with Gasteiger partial charge in [0.2, 0.25) is 0 Å². The summed E-state index contributed by atoms with van der Waals surface area (Å²) in [4.78, 5) is 24.6. The molecule has 0 aromatic rings. The molecule has 1 heterocycles. The minimum absolute atomic E-state index is 0.0704. The average Bonchev–Trinajstić information content (AvgIpc) is 2.44. The Balaban J connectivity index is 2.08. The van der Waals surface area contributed by atoms with Crippen LogP contribution in [0.25, 0.3) is 0 Å². The van der Waals surface area contributed by atoms with Crippen LogP contribution in [0.1, 0.15) is 26.7 Å². The number of carbonyl (C=O) groups is 2. The van der Waals surface area contributed by atoms with Crippen molar-refractivity contribution in [2.24, 2.45) is 5.92 Å². The predicted molar refractivity (Wildman–Crippen MR) is 79.3 cm³/mol. The first-order chi connectivity index (χ1) is 9.99. The molecule has 1 fully saturated rings. The Hall–Kier alpha value is -1.34. The number of rotatable bonds is 8. The van der Waals surface area contributed by atoms with Crippen LogP contribution >= 0.6 is 0 Å². The molecule has 0 aromatic heterocycles. The van der Waals surface area contributed by atoms with Crippen molar-refractivity contribution in [2.75, 3.05) is 39.4 Å². The molecule has 122 valence electrons. The molecule has 1 aliphatic heterocycles. The van der Waals surface area contributed by atoms with E-state index in [2.05, 4.69) is 15.5 Å². The number of nitrogens with one attached hydrogen (secondary N) is 2. The summed E-state index contributed by atoms with van der Waals surface area (Å²) in [5, 5.41) is 14.4. The van der Waals surface area contributed by atoms with Crippen molar-refractivity contribution in [2.45, 2.75) is 32.7 Å². The van der Waals surface area contributed by atoms with Crippen molar-refractivity contribution in [3.8, 4) is 0 Å². The lowest BCUT2D eigenvalue weighted by atomic mass is 10.1. The normalized spacial score (nSPS) is 18.8. The van der Waals surface area contributed by atoms with E-state index in [4.69, 9.17) is 9.84 Å². The smallest absolute Gasteiger partial charge is 0.315 e. The fourth-order valence-corrected chi connectivity index (χ4v) is 2.23. The molecule has 2 unspecified atom stereocenters. The third-order valence-electron chi connectivity index (χ3n) is 3.53. The van der Waals surface area contributed by atoms with Crippen LogP contribution in [-0.2, 0) is 9.53 Å². The van der Waals surface area contributed by atoms with Gasteiger partial charge in [0.15, 0.2) is 0 Å². The van der Waals surface area contributed by atoms with Gasteiger partial charge in [-0.1, -0.05) is 6.92 Å². The van der Waals surface area contributed by atoms with E-state index < -0.39 is 5.97 Å². The molecule has 7 nitrogen and oxygen atoms in total. The van der Waals surface area contributed by atoms with Crippen molar-refractivity contribution in [1.82, 2.24) is 15.5 Å². The van der Waals surface area contributed by atoms with Gasteiger partial charge in [0.25, 0.3) is 0 Å². The summed E-state index contributed by atoms with van der Waals surface area (Å²) >= 11 is 0. The fourth-order valence-electron chi connectivity index (χ4n) is 2.23. The molecule has 0 bridgehead atoms. The second-order valence-electron chi connectivity index (χ2n) is 5.60. The summed E-state index contributed by atoms with van der Waals surface area (Å²) in [6.07, 6.45) is 1.23. The lowest BCUT2D eigenvalue weighted by molar-refractivity contribution is -0.141. The zero-order chi connectivity index (χ0) is 15.7. The Labute approximate surface area is 126 Å². The maximum absolute atomic E-state index is 11.7. The number of carboxylic acid groups (broad SMARTS) is 1. The number of hydrogen-bond acceptors (Lipinski definition) is 4. The molecule has 0 aromatic carbocycles. The quantitative estimate of drug-likeness (QED) is 0.568. The van der Waals surface area contributed by atoms with Crippen LogP contribution in [0, 0.1) is 5.92 Å². The van der Waals surface area contributed by atoms with Crippen LogP contribution < -0.4 is 10.6 Å². The topological polar surface area (TPSA) is 90.9 Å². The van der Waals surface area contributed by atoms with E-state index >= 15 is 0 Å². The molecular weight excluding hydrogens is 274 g/mol. The molecule has 1 rings (SSSR count). The number of aliphatic carboxylic acids is 1. The third-order valence-corrected chi connectivity index (χ3v) is 3.53. The molecule has 1 aliphatic rings. The van der Waals surface area contributed by atoms with Gasteiger partial charge >= 0.3 is 12.0 Å². The first-order valence-corrected chi connectivity index (χ1v) is 7.56. The molecular formula is C14H27N3O4. The molecule has 1 saturated heterocycles. The number of amides is 2. The number of carbonyl (C=O) groups excluding carboxylic acids is 1. The second kappa shape index (κ2) is 9.57. The molecule has 0 aliphatic carbocycles. The molecule has 2 amide bonds. The highest BCUT2D eigenvalue weighted by molar-refractivity contribution is 5.74. The van der Waals surface area contributed by atoms with E-state index in [-0.39, 0.29) is 18.0 Å². The number of nitrogens with zero attached hydrogens (tertiary/aromatic N) is 1.